The van der Waals surface area contributed by atoms with E-state index in [0.717, 1.165) is 12.8 Å². The van der Waals surface area contributed by atoms with Crippen LogP contribution in [-0.2, 0) is 9.47 Å². The molecule has 0 saturated carbocycles. The van der Waals surface area contributed by atoms with Gasteiger partial charge in [-0.3, -0.25) is 5.41 Å². The Morgan fingerprint density at radius 1 is 1.57 bits per heavy atom. The highest BCUT2D eigenvalue weighted by Crippen LogP contribution is 2.33. The summed E-state index contributed by atoms with van der Waals surface area (Å²) in [5, 5.41) is 17.7. The van der Waals surface area contributed by atoms with Gasteiger partial charge in [0.2, 0.25) is 5.90 Å². The van der Waals surface area contributed by atoms with Crippen LogP contribution in [0.25, 0.3) is 11.0 Å². The van der Waals surface area contributed by atoms with E-state index in [4.69, 9.17) is 20.6 Å². The van der Waals surface area contributed by atoms with Gasteiger partial charge in [-0.1, -0.05) is 0 Å². The number of fused-ring (bicyclic) bond motifs is 1. The Morgan fingerprint density at radius 3 is 3.05 bits per heavy atom. The summed E-state index contributed by atoms with van der Waals surface area (Å²) in [6, 6.07) is 0. The van der Waals surface area contributed by atoms with Crippen molar-refractivity contribution in [2.75, 3.05) is 19.5 Å². The van der Waals surface area contributed by atoms with Gasteiger partial charge in [0.1, 0.15) is 24.0 Å². The van der Waals surface area contributed by atoms with E-state index < -0.39 is 0 Å². The van der Waals surface area contributed by atoms with Gasteiger partial charge in [-0.25, -0.2) is 9.97 Å². The van der Waals surface area contributed by atoms with Crippen LogP contribution in [0.5, 0.6) is 0 Å². The molecule has 21 heavy (non-hydrogen) atoms. The van der Waals surface area contributed by atoms with Gasteiger partial charge in [0, 0.05) is 6.20 Å². The number of aliphatic hydroxyl groups is 1. The normalized spacial score (nSPS) is 21.8. The molecule has 1 saturated heterocycles. The molecule has 0 aromatic carbocycles. The SMILES string of the molecule is COC(=N)c1cn([C@H]2CC[C@@H](CO)O2)c2ncnc(N)c12. The van der Waals surface area contributed by atoms with Gasteiger partial charge >= 0.3 is 0 Å². The Balaban J connectivity index is 2.11. The van der Waals surface area contributed by atoms with Crippen molar-refractivity contribution in [2.24, 2.45) is 0 Å². The highest BCUT2D eigenvalue weighted by atomic mass is 16.5. The average molecular weight is 291 g/mol. The minimum Gasteiger partial charge on any atom is -0.481 e. The number of rotatable bonds is 3. The molecule has 1 aliphatic rings. The third-order valence-electron chi connectivity index (χ3n) is 3.69. The average Bonchev–Trinajstić information content (AvgIpc) is 3.11. The Bertz CT molecular complexity index is 684. The second kappa shape index (κ2) is 5.30. The molecule has 8 heteroatoms. The quantitative estimate of drug-likeness (QED) is 0.564. The van der Waals surface area contributed by atoms with E-state index in [1.807, 2.05) is 4.57 Å². The molecule has 112 valence electrons. The summed E-state index contributed by atoms with van der Waals surface area (Å²) < 4.78 is 12.6. The number of hydrogen-bond acceptors (Lipinski definition) is 7. The summed E-state index contributed by atoms with van der Waals surface area (Å²) in [7, 11) is 1.43. The van der Waals surface area contributed by atoms with Gasteiger partial charge in [-0.05, 0) is 12.8 Å². The van der Waals surface area contributed by atoms with Gasteiger partial charge in [-0.15, -0.1) is 0 Å². The highest BCUT2D eigenvalue weighted by Gasteiger charge is 2.29. The molecular formula is C13H17N5O3. The summed E-state index contributed by atoms with van der Waals surface area (Å²) >= 11 is 0. The second-order valence-corrected chi connectivity index (χ2v) is 4.91. The summed E-state index contributed by atoms with van der Waals surface area (Å²) in [5.41, 5.74) is 7.05. The molecule has 0 aliphatic carbocycles. The first-order valence-corrected chi connectivity index (χ1v) is 6.66. The van der Waals surface area contributed by atoms with Crippen LogP contribution < -0.4 is 5.73 Å². The maximum atomic E-state index is 9.19. The standard InChI is InChI=1S/C13H17N5O3/c1-20-12(15)8-4-18(9-3-2-7(5-19)21-9)13-10(8)11(14)16-6-17-13/h4,6-7,9,15,19H,2-3,5H2,1H3,(H2,14,16,17)/t7-,9+/m0/s1. The predicted molar refractivity (Wildman–Crippen MR) is 76.0 cm³/mol. The van der Waals surface area contributed by atoms with Crippen molar-refractivity contribution < 1.29 is 14.6 Å². The molecular weight excluding hydrogens is 274 g/mol. The molecule has 1 fully saturated rings. The van der Waals surface area contributed by atoms with E-state index in [9.17, 15) is 5.11 Å². The molecule has 2 atom stereocenters. The number of nitrogen functional groups attached to an aromatic ring is 1. The molecule has 2 aromatic rings. The Kier molecular flexibility index (Phi) is 3.48. The lowest BCUT2D eigenvalue weighted by Crippen LogP contribution is -2.14. The monoisotopic (exact) mass is 291 g/mol. The predicted octanol–water partition coefficient (Wildman–Crippen LogP) is 0.655. The van der Waals surface area contributed by atoms with E-state index in [0.29, 0.717) is 22.4 Å². The van der Waals surface area contributed by atoms with Crippen LogP contribution in [-0.4, -0.2) is 45.4 Å². The number of nitrogens with one attached hydrogen (secondary N) is 1. The lowest BCUT2D eigenvalue weighted by Gasteiger charge is -2.14. The molecule has 0 spiro atoms. The van der Waals surface area contributed by atoms with E-state index in [1.54, 1.807) is 6.20 Å². The van der Waals surface area contributed by atoms with Crippen molar-refractivity contribution >= 4 is 22.7 Å². The van der Waals surface area contributed by atoms with Crippen molar-refractivity contribution in [3.05, 3.63) is 18.1 Å². The van der Waals surface area contributed by atoms with Gasteiger partial charge in [0.05, 0.1) is 30.8 Å². The smallest absolute Gasteiger partial charge is 0.215 e. The fourth-order valence-corrected chi connectivity index (χ4v) is 2.64. The summed E-state index contributed by atoms with van der Waals surface area (Å²) in [6.45, 7) is -0.00638. The topological polar surface area (TPSA) is 119 Å². The lowest BCUT2D eigenvalue weighted by atomic mass is 10.2. The molecule has 8 nitrogen and oxygen atoms in total. The van der Waals surface area contributed by atoms with E-state index in [1.165, 1.54) is 13.4 Å². The molecule has 0 unspecified atom stereocenters. The molecule has 3 heterocycles. The number of nitrogens with two attached hydrogens (primary N) is 1. The third kappa shape index (κ3) is 2.22. The molecule has 0 bridgehead atoms. The summed E-state index contributed by atoms with van der Waals surface area (Å²) in [4.78, 5) is 8.23. The minimum absolute atomic E-state index is 0.00282. The number of aromatic nitrogens is 3. The fraction of sp³-hybridized carbons (Fsp3) is 0.462. The van der Waals surface area contributed by atoms with E-state index in [2.05, 4.69) is 9.97 Å². The molecule has 0 radical (unpaired) electrons. The molecule has 3 rings (SSSR count). The zero-order valence-electron chi connectivity index (χ0n) is 11.6. The Morgan fingerprint density at radius 2 is 2.38 bits per heavy atom. The largest absolute Gasteiger partial charge is 0.481 e. The van der Waals surface area contributed by atoms with Gasteiger partial charge < -0.3 is 24.9 Å². The van der Waals surface area contributed by atoms with Crippen molar-refractivity contribution in [3.63, 3.8) is 0 Å². The Labute approximate surface area is 121 Å². The van der Waals surface area contributed by atoms with Crippen molar-refractivity contribution in [2.45, 2.75) is 25.2 Å². The zero-order valence-corrected chi connectivity index (χ0v) is 11.6. The van der Waals surface area contributed by atoms with Crippen LogP contribution in [0.4, 0.5) is 5.82 Å². The number of ether oxygens (including phenoxy) is 2. The van der Waals surface area contributed by atoms with Crippen molar-refractivity contribution in [3.8, 4) is 0 Å². The maximum absolute atomic E-state index is 9.19. The zero-order chi connectivity index (χ0) is 15.0. The molecule has 0 amide bonds. The van der Waals surface area contributed by atoms with Crippen molar-refractivity contribution in [1.29, 1.82) is 5.41 Å². The summed E-state index contributed by atoms with van der Waals surface area (Å²) in [6.07, 6.45) is 4.25. The van der Waals surface area contributed by atoms with Crippen molar-refractivity contribution in [1.82, 2.24) is 14.5 Å². The number of methoxy groups -OCH3 is 1. The van der Waals surface area contributed by atoms with Gasteiger partial charge in [-0.2, -0.15) is 0 Å². The second-order valence-electron chi connectivity index (χ2n) is 4.91. The third-order valence-corrected chi connectivity index (χ3v) is 3.69. The maximum Gasteiger partial charge on any atom is 0.215 e. The fourth-order valence-electron chi connectivity index (χ4n) is 2.64. The molecule has 2 aromatic heterocycles. The number of aliphatic hydroxyl groups excluding tert-OH is 1. The van der Waals surface area contributed by atoms with Crippen LogP contribution in [0.1, 0.15) is 24.6 Å². The molecule has 1 aliphatic heterocycles. The summed E-state index contributed by atoms with van der Waals surface area (Å²) in [5.74, 6) is 0.296. The highest BCUT2D eigenvalue weighted by molar-refractivity contribution is 6.08. The van der Waals surface area contributed by atoms with E-state index in [-0.39, 0.29) is 24.8 Å². The minimum atomic E-state index is -0.239. The molecule has 4 N–H and O–H groups in total. The van der Waals surface area contributed by atoms with Crippen LogP contribution in [0.3, 0.4) is 0 Å². The van der Waals surface area contributed by atoms with E-state index >= 15 is 0 Å². The first-order chi connectivity index (χ1) is 10.2. The first-order valence-electron chi connectivity index (χ1n) is 6.66. The number of hydrogen-bond donors (Lipinski definition) is 3. The Hall–Kier alpha value is -2.19. The first kappa shape index (κ1) is 13.8. The number of anilines is 1. The van der Waals surface area contributed by atoms with Crippen LogP contribution >= 0.6 is 0 Å². The number of nitrogens with zero attached hydrogens (tertiary/aromatic N) is 3. The van der Waals surface area contributed by atoms with Crippen LogP contribution in [0, 0.1) is 5.41 Å². The van der Waals surface area contributed by atoms with Crippen LogP contribution in [0.15, 0.2) is 12.5 Å². The van der Waals surface area contributed by atoms with Gasteiger partial charge in [0.15, 0.2) is 0 Å². The lowest BCUT2D eigenvalue weighted by molar-refractivity contribution is -0.0204. The van der Waals surface area contributed by atoms with Crippen LogP contribution in [0.2, 0.25) is 0 Å². The van der Waals surface area contributed by atoms with Gasteiger partial charge in [0.25, 0.3) is 0 Å².